The first-order valence-electron chi connectivity index (χ1n) is 8.18. The lowest BCUT2D eigenvalue weighted by Crippen LogP contribution is -2.38. The Labute approximate surface area is 132 Å². The molecule has 0 aromatic heterocycles. The van der Waals surface area contributed by atoms with Crippen molar-refractivity contribution in [2.45, 2.75) is 32.6 Å². The summed E-state index contributed by atoms with van der Waals surface area (Å²) in [6, 6.07) is 6.13. The van der Waals surface area contributed by atoms with Crippen molar-refractivity contribution in [2.75, 3.05) is 26.2 Å². The number of nitrogens with one attached hydrogen (secondary N) is 2. The molecule has 0 spiro atoms. The van der Waals surface area contributed by atoms with Crippen molar-refractivity contribution in [3.63, 3.8) is 0 Å². The molecule has 0 atom stereocenters. The van der Waals surface area contributed by atoms with Crippen LogP contribution in [0.15, 0.2) is 29.3 Å². The van der Waals surface area contributed by atoms with E-state index in [-0.39, 0.29) is 5.82 Å². The van der Waals surface area contributed by atoms with Crippen LogP contribution in [0.25, 0.3) is 0 Å². The van der Waals surface area contributed by atoms with Gasteiger partial charge in [-0.15, -0.1) is 0 Å². The van der Waals surface area contributed by atoms with Crippen LogP contribution >= 0.6 is 0 Å². The Hall–Kier alpha value is -1.78. The van der Waals surface area contributed by atoms with Gasteiger partial charge in [-0.25, -0.2) is 4.39 Å². The number of benzene rings is 1. The molecule has 0 heterocycles. The van der Waals surface area contributed by atoms with Gasteiger partial charge in [0, 0.05) is 19.6 Å². The molecule has 4 nitrogen and oxygen atoms in total. The average molecular weight is 307 g/mol. The highest BCUT2D eigenvalue weighted by atomic mass is 19.1. The number of hydrogen-bond donors (Lipinski definition) is 2. The molecule has 2 N–H and O–H groups in total. The van der Waals surface area contributed by atoms with Gasteiger partial charge in [0.1, 0.15) is 11.6 Å². The number of aliphatic imine (C=N–C) groups is 1. The fourth-order valence-electron chi connectivity index (χ4n) is 2.02. The number of rotatable bonds is 9. The van der Waals surface area contributed by atoms with Crippen molar-refractivity contribution in [3.05, 3.63) is 30.1 Å². The van der Waals surface area contributed by atoms with Gasteiger partial charge in [-0.2, -0.15) is 0 Å². The summed E-state index contributed by atoms with van der Waals surface area (Å²) in [5.41, 5.74) is 0. The highest BCUT2D eigenvalue weighted by Crippen LogP contribution is 2.28. The summed E-state index contributed by atoms with van der Waals surface area (Å²) in [5.74, 6) is 2.19. The summed E-state index contributed by atoms with van der Waals surface area (Å²) in [7, 11) is 0. The zero-order valence-corrected chi connectivity index (χ0v) is 13.3. The van der Waals surface area contributed by atoms with Gasteiger partial charge >= 0.3 is 0 Å². The van der Waals surface area contributed by atoms with E-state index in [1.807, 2.05) is 0 Å². The first-order chi connectivity index (χ1) is 10.8. The van der Waals surface area contributed by atoms with E-state index in [9.17, 15) is 4.39 Å². The molecule has 0 unspecified atom stereocenters. The van der Waals surface area contributed by atoms with E-state index in [1.165, 1.54) is 25.0 Å². The quantitative estimate of drug-likeness (QED) is 0.419. The molecule has 1 aromatic rings. The Morgan fingerprint density at radius 3 is 2.68 bits per heavy atom. The van der Waals surface area contributed by atoms with E-state index in [4.69, 9.17) is 4.74 Å². The number of hydrogen-bond acceptors (Lipinski definition) is 2. The summed E-state index contributed by atoms with van der Waals surface area (Å²) in [6.45, 7) is 5.41. The van der Waals surface area contributed by atoms with Crippen LogP contribution in [0.5, 0.6) is 5.75 Å². The van der Waals surface area contributed by atoms with E-state index >= 15 is 0 Å². The van der Waals surface area contributed by atoms with Gasteiger partial charge in [0.15, 0.2) is 5.96 Å². The van der Waals surface area contributed by atoms with Crippen LogP contribution in [0.4, 0.5) is 4.39 Å². The lowest BCUT2D eigenvalue weighted by atomic mass is 10.3. The van der Waals surface area contributed by atoms with E-state index in [0.29, 0.717) is 12.4 Å². The van der Waals surface area contributed by atoms with Crippen LogP contribution in [0, 0.1) is 11.7 Å². The Morgan fingerprint density at radius 2 is 2.00 bits per heavy atom. The molecule has 0 saturated heterocycles. The summed E-state index contributed by atoms with van der Waals surface area (Å²) < 4.78 is 18.3. The molecular formula is C17H26FN3O. The fourth-order valence-corrected chi connectivity index (χ4v) is 2.02. The molecule has 122 valence electrons. The van der Waals surface area contributed by atoms with E-state index in [2.05, 4.69) is 22.5 Å². The second-order valence-electron chi connectivity index (χ2n) is 5.60. The molecule has 0 amide bonds. The number of unbranched alkanes of at least 4 members (excludes halogenated alkanes) is 1. The third kappa shape index (κ3) is 6.78. The second-order valence-corrected chi connectivity index (χ2v) is 5.60. The maximum Gasteiger partial charge on any atom is 0.191 e. The molecule has 1 saturated carbocycles. The number of ether oxygens (including phenoxy) is 1. The van der Waals surface area contributed by atoms with Gasteiger partial charge < -0.3 is 15.4 Å². The summed E-state index contributed by atoms with van der Waals surface area (Å²) in [4.78, 5) is 4.58. The van der Waals surface area contributed by atoms with Gasteiger partial charge in [0.05, 0.1) is 6.61 Å². The smallest absolute Gasteiger partial charge is 0.191 e. The van der Waals surface area contributed by atoms with Gasteiger partial charge in [0.2, 0.25) is 0 Å². The minimum Gasteiger partial charge on any atom is -0.494 e. The molecule has 2 rings (SSSR count). The maximum absolute atomic E-state index is 12.7. The van der Waals surface area contributed by atoms with Crippen molar-refractivity contribution in [2.24, 2.45) is 10.9 Å². The molecule has 1 aliphatic carbocycles. The van der Waals surface area contributed by atoms with Crippen LogP contribution < -0.4 is 15.4 Å². The van der Waals surface area contributed by atoms with E-state index in [1.54, 1.807) is 12.1 Å². The Morgan fingerprint density at radius 1 is 1.23 bits per heavy atom. The topological polar surface area (TPSA) is 45.7 Å². The number of guanidine groups is 1. The monoisotopic (exact) mass is 307 g/mol. The zero-order chi connectivity index (χ0) is 15.6. The first-order valence-corrected chi connectivity index (χ1v) is 8.18. The number of halogens is 1. The molecule has 1 fully saturated rings. The third-order valence-corrected chi connectivity index (χ3v) is 3.49. The Bertz CT molecular complexity index is 457. The zero-order valence-electron chi connectivity index (χ0n) is 13.3. The highest BCUT2D eigenvalue weighted by molar-refractivity contribution is 5.79. The minimum absolute atomic E-state index is 0.238. The maximum atomic E-state index is 12.7. The molecule has 5 heteroatoms. The first kappa shape index (κ1) is 16.6. The second kappa shape index (κ2) is 9.28. The Balaban J connectivity index is 1.55. The van der Waals surface area contributed by atoms with Crippen molar-refractivity contribution in [1.82, 2.24) is 10.6 Å². The average Bonchev–Trinajstić information content (AvgIpc) is 3.34. The van der Waals surface area contributed by atoms with Crippen LogP contribution in [0.3, 0.4) is 0 Å². The largest absolute Gasteiger partial charge is 0.494 e. The minimum atomic E-state index is -0.238. The van der Waals surface area contributed by atoms with Gasteiger partial charge in [-0.3, -0.25) is 4.99 Å². The van der Waals surface area contributed by atoms with E-state index in [0.717, 1.165) is 44.4 Å². The molecule has 1 aliphatic rings. The van der Waals surface area contributed by atoms with Crippen LogP contribution in [-0.2, 0) is 0 Å². The van der Waals surface area contributed by atoms with Crippen molar-refractivity contribution < 1.29 is 9.13 Å². The number of nitrogens with zero attached hydrogens (tertiary/aromatic N) is 1. The molecule has 1 aromatic carbocycles. The van der Waals surface area contributed by atoms with Crippen LogP contribution in [-0.4, -0.2) is 32.2 Å². The van der Waals surface area contributed by atoms with Gasteiger partial charge in [0.25, 0.3) is 0 Å². The summed E-state index contributed by atoms with van der Waals surface area (Å²) >= 11 is 0. The predicted octanol–water partition coefficient (Wildman–Crippen LogP) is 2.95. The molecule has 22 heavy (non-hydrogen) atoms. The predicted molar refractivity (Wildman–Crippen MR) is 87.8 cm³/mol. The standard InChI is InChI=1S/C17H26FN3O/c1-2-19-17(21-13-14-5-6-14)20-11-3-4-12-22-16-9-7-15(18)8-10-16/h7-10,14H,2-6,11-13H2,1H3,(H2,19,20,21). The van der Waals surface area contributed by atoms with Crippen LogP contribution in [0.1, 0.15) is 32.6 Å². The highest BCUT2D eigenvalue weighted by Gasteiger charge is 2.20. The molecule has 0 bridgehead atoms. The van der Waals surface area contributed by atoms with Crippen molar-refractivity contribution >= 4 is 5.96 Å². The molecule has 0 aliphatic heterocycles. The SMILES string of the molecule is CCNC(=NCC1CC1)NCCCCOc1ccc(F)cc1. The third-order valence-electron chi connectivity index (χ3n) is 3.49. The van der Waals surface area contributed by atoms with Gasteiger partial charge in [-0.05, 0) is 62.8 Å². The summed E-state index contributed by atoms with van der Waals surface area (Å²) in [6.07, 6.45) is 4.61. The normalized spacial score (nSPS) is 14.7. The van der Waals surface area contributed by atoms with E-state index < -0.39 is 0 Å². The summed E-state index contributed by atoms with van der Waals surface area (Å²) in [5, 5.41) is 6.60. The molecular weight excluding hydrogens is 281 g/mol. The Kier molecular flexibility index (Phi) is 7.00. The van der Waals surface area contributed by atoms with Gasteiger partial charge in [-0.1, -0.05) is 0 Å². The molecule has 0 radical (unpaired) electrons. The lowest BCUT2D eigenvalue weighted by Gasteiger charge is -2.11. The lowest BCUT2D eigenvalue weighted by molar-refractivity contribution is 0.306. The van der Waals surface area contributed by atoms with Crippen LogP contribution in [0.2, 0.25) is 0 Å². The van der Waals surface area contributed by atoms with Crippen molar-refractivity contribution in [3.8, 4) is 5.75 Å². The van der Waals surface area contributed by atoms with Crippen molar-refractivity contribution in [1.29, 1.82) is 0 Å². The fraction of sp³-hybridized carbons (Fsp3) is 0.588.